The van der Waals surface area contributed by atoms with E-state index in [0.717, 1.165) is 28.9 Å². The molecule has 0 aliphatic carbocycles. The number of hydrogen-bond donors (Lipinski definition) is 2. The number of carbonyl (C=O) groups is 2. The Morgan fingerprint density at radius 1 is 1.04 bits per heavy atom. The first kappa shape index (κ1) is 53.5. The lowest BCUT2D eigenvalue weighted by atomic mass is 9.71. The topological polar surface area (TPSA) is 184 Å². The van der Waals surface area contributed by atoms with Gasteiger partial charge in [0.25, 0.3) is 0 Å². The van der Waals surface area contributed by atoms with Crippen LogP contribution in [0, 0.1) is 30.6 Å². The van der Waals surface area contributed by atoms with Gasteiger partial charge in [0.05, 0.1) is 23.5 Å². The average molecular weight is 992 g/mol. The fraction of sp³-hybridized carbons (Fsp3) is 0.717. The molecular weight excluding hydrogens is 914 g/mol. The molecule has 2 bridgehead atoms. The zero-order chi connectivity index (χ0) is 51.1. The molecule has 71 heavy (non-hydrogen) atoms. The van der Waals surface area contributed by atoms with Crippen LogP contribution >= 0.6 is 0 Å². The van der Waals surface area contributed by atoms with Gasteiger partial charge in [-0.1, -0.05) is 63.2 Å². The number of epoxide rings is 1. The molecule has 18 atom stereocenters. The van der Waals surface area contributed by atoms with E-state index in [1.165, 1.54) is 4.68 Å². The highest BCUT2D eigenvalue weighted by atomic mass is 19.1. The van der Waals surface area contributed by atoms with E-state index in [4.69, 9.17) is 33.2 Å². The van der Waals surface area contributed by atoms with Gasteiger partial charge in [0.2, 0.25) is 6.29 Å². The number of carbonyl (C=O) groups excluding carboxylic acids is 2. The Hall–Kier alpha value is -3.82. The third-order valence-electron chi connectivity index (χ3n) is 16.6. The average Bonchev–Trinajstić information content (AvgIpc) is 4.02. The number of aryl methyl sites for hydroxylation is 1. The normalized spacial score (nSPS) is 37.9. The van der Waals surface area contributed by atoms with Gasteiger partial charge in [-0.15, -0.1) is 5.10 Å². The number of methoxy groups -OCH3 is 2. The van der Waals surface area contributed by atoms with Gasteiger partial charge in [-0.3, -0.25) is 19.5 Å². The summed E-state index contributed by atoms with van der Waals surface area (Å²) in [5.41, 5.74) is 2.38. The maximum atomic E-state index is 14.9. The van der Waals surface area contributed by atoms with Crippen LogP contribution < -0.4 is 5.32 Å². The summed E-state index contributed by atoms with van der Waals surface area (Å²) in [6, 6.07) is 10.5. The van der Waals surface area contributed by atoms with Crippen LogP contribution in [-0.4, -0.2) is 167 Å². The Bertz CT molecular complexity index is 2280. The van der Waals surface area contributed by atoms with Crippen LogP contribution in [0.3, 0.4) is 0 Å². The standard InChI is InChI=1S/C53H78FN7O10/c1-13-41-53(9)46-32(5)42(55-21-23-60(46)48-51(70-48)71-53)29(2)25-52(8,66-12)47(33(6)43(62)34(7)49(64)68-41)69-50-44(63)39(24-31(4)67-50)59(10)22-20-38-28-61(58-57-38)40(26-54)45(65-11)36-18-16-35(17-19-36)37-15-14-30(3)56-27-37/h14-19,27-29,31-34,39-42,44-48,50-51,55,63H,13,20-26H2,1-12H3/t29-,31-,32+,33+,34-,39+,40-,41-,42+,44-,45-,46-,47-,48?,50+,51?,52-,53-/m1/s1. The number of hydrogen-bond acceptors (Lipinski definition) is 16. The molecule has 5 saturated heterocycles. The number of aliphatic hydroxyl groups is 1. The van der Waals surface area contributed by atoms with Crippen molar-refractivity contribution >= 4 is 11.8 Å². The van der Waals surface area contributed by atoms with Crippen molar-refractivity contribution in [1.29, 1.82) is 0 Å². The number of aromatic nitrogens is 4. The van der Waals surface area contributed by atoms with Gasteiger partial charge in [-0.2, -0.15) is 0 Å². The minimum absolute atomic E-state index is 0.00386. The second-order valence-corrected chi connectivity index (χ2v) is 21.4. The van der Waals surface area contributed by atoms with Crippen molar-refractivity contribution in [1.82, 2.24) is 35.1 Å². The second-order valence-electron chi connectivity index (χ2n) is 21.4. The van der Waals surface area contributed by atoms with Crippen molar-refractivity contribution in [3.63, 3.8) is 0 Å². The van der Waals surface area contributed by atoms with E-state index in [1.807, 2.05) is 84.3 Å². The molecule has 18 heteroatoms. The van der Waals surface area contributed by atoms with E-state index in [9.17, 15) is 19.1 Å². The number of Topliss-reactive ketones (excluding diaryl/α,β-unsaturated/α-hetero) is 1. The number of fused-ring (bicyclic) bond motifs is 3. The Labute approximate surface area is 418 Å². The highest BCUT2D eigenvalue weighted by Crippen LogP contribution is 2.49. The van der Waals surface area contributed by atoms with Crippen LogP contribution in [0.5, 0.6) is 0 Å². The molecule has 5 aliphatic heterocycles. The summed E-state index contributed by atoms with van der Waals surface area (Å²) in [6.07, 6.45) is 0.121. The van der Waals surface area contributed by atoms with E-state index >= 15 is 0 Å². The summed E-state index contributed by atoms with van der Waals surface area (Å²) in [4.78, 5) is 37.6. The quantitative estimate of drug-likeness (QED) is 0.115. The van der Waals surface area contributed by atoms with Gasteiger partial charge in [-0.05, 0) is 90.0 Å². The number of alkyl halides is 1. The van der Waals surface area contributed by atoms with E-state index in [2.05, 4.69) is 44.3 Å². The molecule has 1 aromatic carbocycles. The maximum Gasteiger partial charge on any atom is 0.316 e. The molecule has 5 aliphatic rings. The minimum Gasteiger partial charge on any atom is -0.459 e. The van der Waals surface area contributed by atoms with Gasteiger partial charge in [0, 0.05) is 88.0 Å². The summed E-state index contributed by atoms with van der Waals surface area (Å²) in [5.74, 6) is -3.00. The highest BCUT2D eigenvalue weighted by Gasteiger charge is 2.65. The SMILES string of the molecule is CC[C@H]1OC(=O)[C@H](C)C(=O)[C@H](C)[C@@H](O[C@@H]2O[C@H](C)C[C@H](N(C)CCc3cn([C@H](CF)[C@H](OC)c4ccc(-c5ccc(C)nc5)cc4)nn3)[C@H]2O)[C@](C)(OC)C[C@@H](C)[C@@H]2NCCN3C4OC4O[C@@]1(C)[C@H]3[C@H]2C. The van der Waals surface area contributed by atoms with Gasteiger partial charge >= 0.3 is 5.97 Å². The molecule has 0 saturated carbocycles. The van der Waals surface area contributed by atoms with Crippen molar-refractivity contribution in [2.75, 3.05) is 47.6 Å². The number of morpholine rings is 1. The third-order valence-corrected chi connectivity index (χ3v) is 16.6. The van der Waals surface area contributed by atoms with Crippen LogP contribution in [0.15, 0.2) is 48.8 Å². The molecule has 7 heterocycles. The van der Waals surface area contributed by atoms with Gasteiger partial charge in [-0.25, -0.2) is 9.07 Å². The summed E-state index contributed by atoms with van der Waals surface area (Å²) < 4.78 is 61.2. The zero-order valence-corrected chi connectivity index (χ0v) is 43.7. The summed E-state index contributed by atoms with van der Waals surface area (Å²) in [7, 11) is 5.11. The number of ketones is 1. The van der Waals surface area contributed by atoms with E-state index in [-0.39, 0.29) is 42.0 Å². The monoisotopic (exact) mass is 992 g/mol. The van der Waals surface area contributed by atoms with E-state index in [1.54, 1.807) is 34.3 Å². The fourth-order valence-electron chi connectivity index (χ4n) is 12.5. The van der Waals surface area contributed by atoms with Gasteiger partial charge in [0.15, 0.2) is 18.3 Å². The third kappa shape index (κ3) is 10.8. The van der Waals surface area contributed by atoms with Crippen LogP contribution in [0.4, 0.5) is 4.39 Å². The van der Waals surface area contributed by atoms with Crippen molar-refractivity contribution in [2.45, 2.75) is 173 Å². The summed E-state index contributed by atoms with van der Waals surface area (Å²) in [5, 5.41) is 24.8. The zero-order valence-electron chi connectivity index (χ0n) is 43.7. The lowest BCUT2D eigenvalue weighted by Crippen LogP contribution is -2.67. The number of aliphatic hydroxyl groups excluding tert-OH is 1. The predicted octanol–water partition coefficient (Wildman–Crippen LogP) is 5.63. The van der Waals surface area contributed by atoms with Crippen LogP contribution in [0.25, 0.3) is 11.1 Å². The van der Waals surface area contributed by atoms with Crippen molar-refractivity contribution in [3.8, 4) is 11.1 Å². The first-order valence-electron chi connectivity index (χ1n) is 25.7. The molecule has 17 nitrogen and oxygen atoms in total. The van der Waals surface area contributed by atoms with Crippen molar-refractivity contribution in [3.05, 3.63) is 65.7 Å². The predicted molar refractivity (Wildman–Crippen MR) is 261 cm³/mol. The number of cyclic esters (lactones) is 1. The number of rotatable bonds is 14. The molecule has 2 aromatic heterocycles. The molecule has 5 fully saturated rings. The maximum absolute atomic E-state index is 14.9. The van der Waals surface area contributed by atoms with Crippen LogP contribution in [0.1, 0.15) is 104 Å². The molecule has 3 aromatic rings. The Kier molecular flexibility index (Phi) is 16.5. The van der Waals surface area contributed by atoms with Gasteiger partial charge < -0.3 is 48.5 Å². The smallest absolute Gasteiger partial charge is 0.316 e. The number of nitrogens with zero attached hydrogens (tertiary/aromatic N) is 6. The lowest BCUT2D eigenvalue weighted by molar-refractivity contribution is -0.296. The largest absolute Gasteiger partial charge is 0.459 e. The first-order chi connectivity index (χ1) is 33.9. The molecule has 0 spiro atoms. The molecule has 0 radical (unpaired) electrons. The molecule has 392 valence electrons. The number of ether oxygens (including phenoxy) is 7. The van der Waals surface area contributed by atoms with Crippen molar-refractivity contribution in [2.24, 2.45) is 23.7 Å². The minimum atomic E-state index is -1.14. The molecular formula is C53H78FN7O10. The van der Waals surface area contributed by atoms with E-state index < -0.39 is 84.8 Å². The molecule has 2 unspecified atom stereocenters. The fourth-order valence-corrected chi connectivity index (χ4v) is 12.5. The number of halogens is 1. The van der Waals surface area contributed by atoms with Gasteiger partial charge in [0.1, 0.15) is 42.5 Å². The van der Waals surface area contributed by atoms with E-state index in [0.29, 0.717) is 44.5 Å². The molecule has 0 amide bonds. The van der Waals surface area contributed by atoms with Crippen LogP contribution in [0.2, 0.25) is 0 Å². The Balaban J connectivity index is 0.981. The molecule has 2 N–H and O–H groups in total. The Morgan fingerprint density at radius 2 is 1.77 bits per heavy atom. The highest BCUT2D eigenvalue weighted by molar-refractivity contribution is 6.00. The summed E-state index contributed by atoms with van der Waals surface area (Å²) >= 11 is 0. The summed E-state index contributed by atoms with van der Waals surface area (Å²) in [6.45, 7) is 18.8. The van der Waals surface area contributed by atoms with Crippen molar-refractivity contribution < 1.29 is 52.2 Å². The first-order valence-corrected chi connectivity index (χ1v) is 25.7. The number of pyridine rings is 1. The number of benzene rings is 1. The lowest BCUT2D eigenvalue weighted by Gasteiger charge is -2.52. The number of esters is 1. The Morgan fingerprint density at radius 3 is 2.44 bits per heavy atom. The molecule has 8 rings (SSSR count). The number of likely N-dealkylation sites (N-methyl/N-ethyl adjacent to an activating group) is 1. The number of nitrogens with one attached hydrogen (secondary N) is 1. The van der Waals surface area contributed by atoms with Crippen LogP contribution in [-0.2, 0) is 49.2 Å². The second kappa shape index (κ2) is 21.9.